The van der Waals surface area contributed by atoms with Crippen molar-refractivity contribution in [3.63, 3.8) is 0 Å². The van der Waals surface area contributed by atoms with Crippen LogP contribution in [0.1, 0.15) is 16.7 Å². The summed E-state index contributed by atoms with van der Waals surface area (Å²) < 4.78 is 69.2. The molecule has 0 atom stereocenters. The minimum atomic E-state index is -4.53. The van der Waals surface area contributed by atoms with Crippen molar-refractivity contribution < 1.29 is 26.7 Å². The maximum absolute atomic E-state index is 14.3. The van der Waals surface area contributed by atoms with Gasteiger partial charge in [0.25, 0.3) is 0 Å². The molecular formula is C25H18ClF5N4O2. The highest BCUT2D eigenvalue weighted by Crippen LogP contribution is 2.29. The van der Waals surface area contributed by atoms with E-state index in [1.165, 1.54) is 30.3 Å². The monoisotopic (exact) mass is 536 g/mol. The van der Waals surface area contributed by atoms with Crippen LogP contribution < -0.4 is 11.0 Å². The molecule has 0 saturated carbocycles. The Morgan fingerprint density at radius 2 is 1.62 bits per heavy atom. The quantitative estimate of drug-likeness (QED) is 0.337. The van der Waals surface area contributed by atoms with Crippen molar-refractivity contribution in [2.75, 3.05) is 0 Å². The summed E-state index contributed by atoms with van der Waals surface area (Å²) in [4.78, 5) is 25.6. The number of aromatic nitrogens is 3. The average Bonchev–Trinajstić information content (AvgIpc) is 3.15. The van der Waals surface area contributed by atoms with Gasteiger partial charge in [0.15, 0.2) is 5.82 Å². The predicted molar refractivity (Wildman–Crippen MR) is 126 cm³/mol. The van der Waals surface area contributed by atoms with Crippen LogP contribution in [0.15, 0.2) is 71.5 Å². The molecule has 3 aromatic carbocycles. The molecule has 0 saturated heterocycles. The van der Waals surface area contributed by atoms with Gasteiger partial charge in [-0.25, -0.2) is 18.3 Å². The van der Waals surface area contributed by atoms with Gasteiger partial charge in [0.1, 0.15) is 18.2 Å². The molecule has 0 radical (unpaired) electrons. The van der Waals surface area contributed by atoms with Gasteiger partial charge in [-0.05, 0) is 54.1 Å². The highest BCUT2D eigenvalue weighted by atomic mass is 35.5. The second kappa shape index (κ2) is 10.6. The Labute approximate surface area is 211 Å². The molecule has 1 aromatic heterocycles. The number of hydrogen-bond donors (Lipinski definition) is 1. The van der Waals surface area contributed by atoms with Crippen molar-refractivity contribution in [3.8, 4) is 11.4 Å². The number of halogens is 6. The molecule has 0 aliphatic carbocycles. The lowest BCUT2D eigenvalue weighted by Gasteiger charge is -2.09. The number of nitrogens with zero attached hydrogens (tertiary/aromatic N) is 3. The van der Waals surface area contributed by atoms with Gasteiger partial charge in [0, 0.05) is 22.7 Å². The summed E-state index contributed by atoms with van der Waals surface area (Å²) in [5.41, 5.74) is -1.43. The number of amides is 1. The molecule has 0 unspecified atom stereocenters. The average molecular weight is 537 g/mol. The molecule has 12 heteroatoms. The molecular weight excluding hydrogens is 519 g/mol. The Kier molecular flexibility index (Phi) is 7.44. The van der Waals surface area contributed by atoms with E-state index < -0.39 is 48.1 Å². The van der Waals surface area contributed by atoms with Gasteiger partial charge in [-0.1, -0.05) is 29.8 Å². The third-order valence-electron chi connectivity index (χ3n) is 5.44. The SMILES string of the molecule is O=C(Cn1nc(-c2ccc(Cl)cc2)n(Cc2c(F)cccc2F)c1=O)NCc1cccc(C(F)(F)F)c1. The number of carbonyl (C=O) groups is 1. The van der Waals surface area contributed by atoms with Crippen LogP contribution in [0.2, 0.25) is 5.02 Å². The minimum Gasteiger partial charge on any atom is -0.350 e. The largest absolute Gasteiger partial charge is 0.416 e. The van der Waals surface area contributed by atoms with Crippen molar-refractivity contribution in [1.29, 1.82) is 0 Å². The summed E-state index contributed by atoms with van der Waals surface area (Å²) in [6, 6.07) is 13.9. The van der Waals surface area contributed by atoms with Crippen molar-refractivity contribution >= 4 is 17.5 Å². The topological polar surface area (TPSA) is 68.9 Å². The van der Waals surface area contributed by atoms with E-state index in [2.05, 4.69) is 10.4 Å². The maximum atomic E-state index is 14.3. The molecule has 4 aromatic rings. The summed E-state index contributed by atoms with van der Waals surface area (Å²) in [6.07, 6.45) is -4.53. The fraction of sp³-hybridized carbons (Fsp3) is 0.160. The summed E-state index contributed by atoms with van der Waals surface area (Å²) in [7, 11) is 0. The third kappa shape index (κ3) is 6.05. The zero-order chi connectivity index (χ0) is 26.7. The smallest absolute Gasteiger partial charge is 0.350 e. The Morgan fingerprint density at radius 1 is 0.973 bits per heavy atom. The Bertz CT molecular complexity index is 1480. The summed E-state index contributed by atoms with van der Waals surface area (Å²) in [5.74, 6) is -2.39. The molecule has 0 aliphatic heterocycles. The molecule has 6 nitrogen and oxygen atoms in total. The molecule has 192 valence electrons. The molecule has 0 spiro atoms. The van der Waals surface area contributed by atoms with Gasteiger partial charge in [0.05, 0.1) is 12.1 Å². The summed E-state index contributed by atoms with van der Waals surface area (Å²) in [5, 5.41) is 7.03. The van der Waals surface area contributed by atoms with Gasteiger partial charge >= 0.3 is 11.9 Å². The normalized spacial score (nSPS) is 11.5. The highest BCUT2D eigenvalue weighted by molar-refractivity contribution is 6.30. The standard InChI is InChI=1S/C25H18ClF5N4O2/c26-18-9-7-16(8-10-18)23-33-35(24(37)34(23)13-19-20(27)5-2-6-21(19)28)14-22(36)32-12-15-3-1-4-17(11-15)25(29,30)31/h1-11H,12-14H2,(H,32,36). The van der Waals surface area contributed by atoms with E-state index in [0.29, 0.717) is 10.6 Å². The number of carbonyl (C=O) groups excluding carboxylic acids is 1. The number of rotatable bonds is 7. The van der Waals surface area contributed by atoms with Crippen molar-refractivity contribution in [1.82, 2.24) is 19.7 Å². The lowest BCUT2D eigenvalue weighted by Crippen LogP contribution is -2.33. The fourth-order valence-corrected chi connectivity index (χ4v) is 3.72. The van der Waals surface area contributed by atoms with Crippen LogP contribution in [-0.4, -0.2) is 20.3 Å². The molecule has 0 bridgehead atoms. The Balaban J connectivity index is 1.60. The number of benzene rings is 3. The lowest BCUT2D eigenvalue weighted by molar-refractivity contribution is -0.137. The van der Waals surface area contributed by atoms with Crippen LogP contribution in [0, 0.1) is 11.6 Å². The first kappa shape index (κ1) is 26.1. The van der Waals surface area contributed by atoms with E-state index in [4.69, 9.17) is 11.6 Å². The van der Waals surface area contributed by atoms with Gasteiger partial charge in [-0.2, -0.15) is 13.2 Å². The van der Waals surface area contributed by atoms with E-state index in [-0.39, 0.29) is 23.5 Å². The molecule has 37 heavy (non-hydrogen) atoms. The number of nitrogens with one attached hydrogen (secondary N) is 1. The first-order valence-electron chi connectivity index (χ1n) is 10.8. The van der Waals surface area contributed by atoms with E-state index in [0.717, 1.165) is 33.5 Å². The van der Waals surface area contributed by atoms with Crippen molar-refractivity contribution in [2.45, 2.75) is 25.8 Å². The third-order valence-corrected chi connectivity index (χ3v) is 5.69. The predicted octanol–water partition coefficient (Wildman–Crippen LogP) is 5.03. The number of hydrogen-bond acceptors (Lipinski definition) is 3. The first-order valence-corrected chi connectivity index (χ1v) is 11.2. The van der Waals surface area contributed by atoms with Crippen molar-refractivity contribution in [3.05, 3.63) is 111 Å². The van der Waals surface area contributed by atoms with Crippen molar-refractivity contribution in [2.24, 2.45) is 0 Å². The van der Waals surface area contributed by atoms with Crippen LogP contribution in [0.4, 0.5) is 22.0 Å². The zero-order valence-electron chi connectivity index (χ0n) is 18.9. The molecule has 4 rings (SSSR count). The lowest BCUT2D eigenvalue weighted by atomic mass is 10.1. The van der Waals surface area contributed by atoms with Crippen LogP contribution in [0.25, 0.3) is 11.4 Å². The van der Waals surface area contributed by atoms with Crippen LogP contribution in [0.5, 0.6) is 0 Å². The molecule has 0 aliphatic rings. The molecule has 1 amide bonds. The van der Waals surface area contributed by atoms with Gasteiger partial charge in [0.2, 0.25) is 5.91 Å². The first-order chi connectivity index (χ1) is 17.5. The van der Waals surface area contributed by atoms with Crippen LogP contribution in [0.3, 0.4) is 0 Å². The van der Waals surface area contributed by atoms with Gasteiger partial charge in [-0.15, -0.1) is 5.10 Å². The van der Waals surface area contributed by atoms with Crippen LogP contribution in [-0.2, 0) is 30.6 Å². The molecule has 1 N–H and O–H groups in total. The fourth-order valence-electron chi connectivity index (χ4n) is 3.59. The van der Waals surface area contributed by atoms with E-state index in [1.807, 2.05) is 0 Å². The van der Waals surface area contributed by atoms with Gasteiger partial charge < -0.3 is 5.32 Å². The molecule has 1 heterocycles. The molecule has 0 fully saturated rings. The van der Waals surface area contributed by atoms with E-state index >= 15 is 0 Å². The second-order valence-corrected chi connectivity index (χ2v) is 8.47. The second-order valence-electron chi connectivity index (χ2n) is 8.03. The minimum absolute atomic E-state index is 0.0370. The summed E-state index contributed by atoms with van der Waals surface area (Å²) in [6.45, 7) is -1.30. The Hall–Kier alpha value is -3.99. The Morgan fingerprint density at radius 3 is 2.27 bits per heavy atom. The maximum Gasteiger partial charge on any atom is 0.416 e. The van der Waals surface area contributed by atoms with E-state index in [1.54, 1.807) is 12.1 Å². The number of alkyl halides is 3. The van der Waals surface area contributed by atoms with Gasteiger partial charge in [-0.3, -0.25) is 9.36 Å². The van der Waals surface area contributed by atoms with Crippen LogP contribution >= 0.6 is 11.6 Å². The van der Waals surface area contributed by atoms with E-state index in [9.17, 15) is 31.5 Å². The highest BCUT2D eigenvalue weighted by Gasteiger charge is 2.30. The summed E-state index contributed by atoms with van der Waals surface area (Å²) >= 11 is 5.93. The zero-order valence-corrected chi connectivity index (χ0v) is 19.7.